The van der Waals surface area contributed by atoms with Gasteiger partial charge in [-0.25, -0.2) is 0 Å². The highest BCUT2D eigenvalue weighted by molar-refractivity contribution is 5.48. The van der Waals surface area contributed by atoms with Crippen molar-refractivity contribution in [3.63, 3.8) is 0 Å². The predicted octanol–water partition coefficient (Wildman–Crippen LogP) is 2.53. The maximum absolute atomic E-state index is 5.82. The summed E-state index contributed by atoms with van der Waals surface area (Å²) in [5.41, 5.74) is 8.73. The van der Waals surface area contributed by atoms with Gasteiger partial charge in [0.05, 0.1) is 13.4 Å². The van der Waals surface area contributed by atoms with Crippen LogP contribution in [0.1, 0.15) is 5.56 Å². The average molecular weight is 189 g/mol. The van der Waals surface area contributed by atoms with Gasteiger partial charge in [0.15, 0.2) is 0 Å². The molecule has 0 aromatic heterocycles. The minimum absolute atomic E-state index is 0.754. The van der Waals surface area contributed by atoms with Crippen LogP contribution in [0.5, 0.6) is 0 Å². The van der Waals surface area contributed by atoms with E-state index in [1.165, 1.54) is 0 Å². The maximum Gasteiger partial charge on any atom is 0.0859 e. The van der Waals surface area contributed by atoms with Crippen molar-refractivity contribution in [3.8, 4) is 0 Å². The highest BCUT2D eigenvalue weighted by atomic mass is 16.5. The number of ether oxygens (including phenoxy) is 1. The van der Waals surface area contributed by atoms with E-state index in [0.29, 0.717) is 0 Å². The van der Waals surface area contributed by atoms with Crippen molar-refractivity contribution in [2.75, 3.05) is 12.8 Å². The molecule has 0 atom stereocenters. The lowest BCUT2D eigenvalue weighted by molar-refractivity contribution is 0.334. The Morgan fingerprint density at radius 2 is 2.21 bits per heavy atom. The Kier molecular flexibility index (Phi) is 3.80. The van der Waals surface area contributed by atoms with Gasteiger partial charge in [-0.3, -0.25) is 0 Å². The molecule has 0 amide bonds. The van der Waals surface area contributed by atoms with Gasteiger partial charge in [0, 0.05) is 12.1 Å². The van der Waals surface area contributed by atoms with E-state index >= 15 is 0 Å². The summed E-state index contributed by atoms with van der Waals surface area (Å²) in [6, 6.07) is 7.79. The molecule has 0 aliphatic carbocycles. The zero-order valence-electron chi connectivity index (χ0n) is 8.36. The van der Waals surface area contributed by atoms with Gasteiger partial charge in [0.25, 0.3) is 0 Å². The van der Waals surface area contributed by atoms with Crippen LogP contribution >= 0.6 is 0 Å². The molecule has 0 spiro atoms. The molecule has 0 aliphatic rings. The smallest absolute Gasteiger partial charge is 0.0859 e. The number of rotatable bonds is 4. The van der Waals surface area contributed by atoms with E-state index in [2.05, 4.69) is 6.58 Å². The van der Waals surface area contributed by atoms with Crippen molar-refractivity contribution >= 4 is 5.69 Å². The molecule has 1 rings (SSSR count). The first-order chi connectivity index (χ1) is 6.77. The minimum atomic E-state index is 0.754. The molecular formula is C12H15NO. The third-order valence-corrected chi connectivity index (χ3v) is 1.98. The van der Waals surface area contributed by atoms with Crippen LogP contribution in [0, 0.1) is 0 Å². The number of para-hydroxylation sites is 1. The van der Waals surface area contributed by atoms with E-state index in [1.807, 2.05) is 24.3 Å². The normalized spacial score (nSPS) is 11.1. The molecule has 0 heterocycles. The van der Waals surface area contributed by atoms with E-state index < -0.39 is 0 Å². The summed E-state index contributed by atoms with van der Waals surface area (Å²) < 4.78 is 4.93. The summed E-state index contributed by atoms with van der Waals surface area (Å²) in [7, 11) is 1.62. The van der Waals surface area contributed by atoms with Gasteiger partial charge in [-0.15, -0.1) is 0 Å². The van der Waals surface area contributed by atoms with E-state index in [9.17, 15) is 0 Å². The summed E-state index contributed by atoms with van der Waals surface area (Å²) in [4.78, 5) is 0. The van der Waals surface area contributed by atoms with Crippen molar-refractivity contribution in [3.05, 3.63) is 54.3 Å². The fraction of sp³-hybridized carbons (Fsp3) is 0.167. The summed E-state index contributed by atoms with van der Waals surface area (Å²) in [6.45, 7) is 3.72. The SMILES string of the molecule is C=C/C(=C\OC)Cc1ccccc1N. The Labute approximate surface area is 84.7 Å². The second-order valence-corrected chi connectivity index (χ2v) is 3.01. The minimum Gasteiger partial charge on any atom is -0.504 e. The molecule has 0 aliphatic heterocycles. The van der Waals surface area contributed by atoms with Crippen LogP contribution < -0.4 is 5.73 Å². The van der Waals surface area contributed by atoms with Crippen molar-refractivity contribution in [2.45, 2.75) is 6.42 Å². The summed E-state index contributed by atoms with van der Waals surface area (Å²) in [5, 5.41) is 0. The number of anilines is 1. The molecule has 14 heavy (non-hydrogen) atoms. The number of hydrogen-bond donors (Lipinski definition) is 1. The number of benzene rings is 1. The molecule has 1 aromatic carbocycles. The molecule has 1 aromatic rings. The molecule has 0 bridgehead atoms. The van der Waals surface area contributed by atoms with Gasteiger partial charge < -0.3 is 10.5 Å². The molecule has 0 radical (unpaired) electrons. The zero-order chi connectivity index (χ0) is 10.4. The highest BCUT2D eigenvalue weighted by Crippen LogP contribution is 2.15. The van der Waals surface area contributed by atoms with E-state index in [0.717, 1.165) is 23.2 Å². The van der Waals surface area contributed by atoms with Gasteiger partial charge in [0.2, 0.25) is 0 Å². The number of nitrogens with two attached hydrogens (primary N) is 1. The molecule has 74 valence electrons. The molecule has 2 nitrogen and oxygen atoms in total. The van der Waals surface area contributed by atoms with Crippen LogP contribution in [0.4, 0.5) is 5.69 Å². The Balaban J connectivity index is 2.82. The Morgan fingerprint density at radius 3 is 2.79 bits per heavy atom. The van der Waals surface area contributed by atoms with Crippen LogP contribution in [-0.2, 0) is 11.2 Å². The molecule has 0 saturated carbocycles. The molecule has 2 N–H and O–H groups in total. The summed E-state index contributed by atoms with van der Waals surface area (Å²) >= 11 is 0. The average Bonchev–Trinajstić information content (AvgIpc) is 2.20. The van der Waals surface area contributed by atoms with Gasteiger partial charge in [-0.05, 0) is 17.2 Å². The maximum atomic E-state index is 5.82. The van der Waals surface area contributed by atoms with Crippen molar-refractivity contribution in [2.24, 2.45) is 0 Å². The topological polar surface area (TPSA) is 35.2 Å². The lowest BCUT2D eigenvalue weighted by Crippen LogP contribution is -1.95. The Bertz CT molecular complexity index is 342. The third kappa shape index (κ3) is 2.66. The molecule has 0 saturated heterocycles. The van der Waals surface area contributed by atoms with E-state index in [-0.39, 0.29) is 0 Å². The van der Waals surface area contributed by atoms with Gasteiger partial charge in [-0.1, -0.05) is 30.9 Å². The number of hydrogen-bond acceptors (Lipinski definition) is 2. The largest absolute Gasteiger partial charge is 0.504 e. The van der Waals surface area contributed by atoms with Crippen molar-refractivity contribution in [1.82, 2.24) is 0 Å². The third-order valence-electron chi connectivity index (χ3n) is 1.98. The molecule has 2 heteroatoms. The molecule has 0 fully saturated rings. The summed E-state index contributed by atoms with van der Waals surface area (Å²) in [6.07, 6.45) is 4.21. The highest BCUT2D eigenvalue weighted by Gasteiger charge is 1.99. The monoisotopic (exact) mass is 189 g/mol. The standard InChI is InChI=1S/C12H15NO/c1-3-10(9-14-2)8-11-6-4-5-7-12(11)13/h3-7,9H,1,8,13H2,2H3/b10-9+. The first kappa shape index (κ1) is 10.4. The molecule has 0 unspecified atom stereocenters. The Hall–Kier alpha value is -1.70. The van der Waals surface area contributed by atoms with Crippen LogP contribution in [0.25, 0.3) is 0 Å². The lowest BCUT2D eigenvalue weighted by atomic mass is 10.0. The van der Waals surface area contributed by atoms with E-state index in [1.54, 1.807) is 19.4 Å². The second-order valence-electron chi connectivity index (χ2n) is 3.01. The second kappa shape index (κ2) is 5.12. The van der Waals surface area contributed by atoms with Crippen molar-refractivity contribution < 1.29 is 4.74 Å². The number of methoxy groups -OCH3 is 1. The first-order valence-electron chi connectivity index (χ1n) is 4.45. The van der Waals surface area contributed by atoms with E-state index in [4.69, 9.17) is 10.5 Å². The van der Waals surface area contributed by atoms with Gasteiger partial charge in [-0.2, -0.15) is 0 Å². The predicted molar refractivity (Wildman–Crippen MR) is 59.8 cm³/mol. The molecular weight excluding hydrogens is 174 g/mol. The number of nitrogen functional groups attached to an aromatic ring is 1. The van der Waals surface area contributed by atoms with Gasteiger partial charge >= 0.3 is 0 Å². The zero-order valence-corrected chi connectivity index (χ0v) is 8.36. The fourth-order valence-electron chi connectivity index (χ4n) is 1.23. The Morgan fingerprint density at radius 1 is 1.50 bits per heavy atom. The summed E-state index contributed by atoms with van der Waals surface area (Å²) in [5.74, 6) is 0. The van der Waals surface area contributed by atoms with Crippen molar-refractivity contribution in [1.29, 1.82) is 0 Å². The van der Waals surface area contributed by atoms with Crippen LogP contribution in [0.3, 0.4) is 0 Å². The first-order valence-corrected chi connectivity index (χ1v) is 4.45. The van der Waals surface area contributed by atoms with Gasteiger partial charge in [0.1, 0.15) is 0 Å². The van der Waals surface area contributed by atoms with Crippen LogP contribution in [0.15, 0.2) is 48.8 Å². The number of allylic oxidation sites excluding steroid dienone is 2. The fourth-order valence-corrected chi connectivity index (χ4v) is 1.23. The quantitative estimate of drug-likeness (QED) is 0.449. The van der Waals surface area contributed by atoms with Crippen LogP contribution in [-0.4, -0.2) is 7.11 Å². The lowest BCUT2D eigenvalue weighted by Gasteiger charge is -2.05. The van der Waals surface area contributed by atoms with Crippen LogP contribution in [0.2, 0.25) is 0 Å².